The summed E-state index contributed by atoms with van der Waals surface area (Å²) in [6, 6.07) is 5.39. The highest BCUT2D eigenvalue weighted by Gasteiger charge is 2.25. The summed E-state index contributed by atoms with van der Waals surface area (Å²) in [5.41, 5.74) is 6.97. The second kappa shape index (κ2) is 13.5. The van der Waals surface area contributed by atoms with Gasteiger partial charge in [-0.1, -0.05) is 47.8 Å². The Morgan fingerprint density at radius 3 is 2.43 bits per heavy atom. The van der Waals surface area contributed by atoms with Gasteiger partial charge in [0.1, 0.15) is 6.33 Å². The fourth-order valence-corrected chi connectivity index (χ4v) is 5.65. The van der Waals surface area contributed by atoms with E-state index in [0.29, 0.717) is 40.1 Å². The van der Waals surface area contributed by atoms with Crippen molar-refractivity contribution in [3.05, 3.63) is 34.6 Å². The van der Waals surface area contributed by atoms with Crippen LogP contribution in [0.3, 0.4) is 0 Å². The van der Waals surface area contributed by atoms with Gasteiger partial charge >= 0.3 is 6.09 Å². The van der Waals surface area contributed by atoms with E-state index in [4.69, 9.17) is 33.9 Å². The summed E-state index contributed by atoms with van der Waals surface area (Å²) in [7, 11) is 0. The molecule has 0 aliphatic heterocycles. The van der Waals surface area contributed by atoms with Gasteiger partial charge in [0.25, 0.3) is 0 Å². The number of rotatable bonds is 13. The van der Waals surface area contributed by atoms with Crippen LogP contribution >= 0.6 is 35.0 Å². The van der Waals surface area contributed by atoms with E-state index in [1.807, 2.05) is 32.9 Å². The Kier molecular flexibility index (Phi) is 10.7. The number of carbonyl (C=O) groups is 1. The summed E-state index contributed by atoms with van der Waals surface area (Å²) in [6.45, 7) is 8.83. The number of nitrogens with two attached hydrogens (primary N) is 1. The van der Waals surface area contributed by atoms with Gasteiger partial charge in [0.15, 0.2) is 22.1 Å². The van der Waals surface area contributed by atoms with Crippen LogP contribution in [0.4, 0.5) is 10.6 Å². The minimum atomic E-state index is -0.855. The second-order valence-electron chi connectivity index (χ2n) is 9.81. The first-order valence-corrected chi connectivity index (χ1v) is 14.0. The third-order valence-corrected chi connectivity index (χ3v) is 7.23. The van der Waals surface area contributed by atoms with E-state index in [-0.39, 0.29) is 5.54 Å². The van der Waals surface area contributed by atoms with Crippen molar-refractivity contribution < 1.29 is 9.90 Å². The molecule has 4 N–H and O–H groups in total. The summed E-state index contributed by atoms with van der Waals surface area (Å²) in [4.78, 5) is 27.0. The van der Waals surface area contributed by atoms with Crippen LogP contribution in [-0.4, -0.2) is 60.8 Å². The Hall–Kier alpha value is -2.27. The Balaban J connectivity index is 1.46. The molecule has 0 radical (unpaired) electrons. The van der Waals surface area contributed by atoms with Crippen LogP contribution in [0.1, 0.15) is 52.9 Å². The molecule has 202 valence electrons. The van der Waals surface area contributed by atoms with E-state index in [9.17, 15) is 9.90 Å². The van der Waals surface area contributed by atoms with E-state index >= 15 is 0 Å². The highest BCUT2D eigenvalue weighted by molar-refractivity contribution is 7.99. The molecule has 0 atom stereocenters. The molecule has 0 aliphatic carbocycles. The number of nitrogens with one attached hydrogen (secondary N) is 1. The van der Waals surface area contributed by atoms with Gasteiger partial charge in [-0.25, -0.2) is 19.7 Å². The van der Waals surface area contributed by atoms with Gasteiger partial charge in [-0.05, 0) is 71.3 Å². The lowest BCUT2D eigenvalue weighted by Gasteiger charge is -2.33. The lowest BCUT2D eigenvalue weighted by atomic mass is 10.1. The molecule has 1 amide bonds. The van der Waals surface area contributed by atoms with Crippen molar-refractivity contribution in [1.82, 2.24) is 29.7 Å². The number of hydrogen-bond donors (Lipinski definition) is 3. The number of aryl methyl sites for hydroxylation is 1. The van der Waals surface area contributed by atoms with Crippen LogP contribution in [0.5, 0.6) is 0 Å². The van der Waals surface area contributed by atoms with E-state index in [0.717, 1.165) is 55.2 Å². The van der Waals surface area contributed by atoms with E-state index in [1.165, 1.54) is 23.0 Å². The Morgan fingerprint density at radius 1 is 1.08 bits per heavy atom. The minimum Gasteiger partial charge on any atom is -0.465 e. The smallest absolute Gasteiger partial charge is 0.407 e. The monoisotopic (exact) mass is 567 g/mol. The Morgan fingerprint density at radius 2 is 1.76 bits per heavy atom. The molecule has 0 saturated heterocycles. The highest BCUT2D eigenvalue weighted by Crippen LogP contribution is 2.34. The third-order valence-electron chi connectivity index (χ3n) is 5.83. The maximum atomic E-state index is 11.4. The van der Waals surface area contributed by atoms with Crippen molar-refractivity contribution in [3.63, 3.8) is 0 Å². The number of fused-ring (bicyclic) bond motifs is 1. The summed E-state index contributed by atoms with van der Waals surface area (Å²) in [5, 5.41) is 14.8. The zero-order valence-corrected chi connectivity index (χ0v) is 23.8. The van der Waals surface area contributed by atoms with Crippen molar-refractivity contribution in [1.29, 1.82) is 0 Å². The number of nitrogens with zero attached hydrogens (tertiary/aromatic N) is 5. The van der Waals surface area contributed by atoms with Gasteiger partial charge in [0.2, 0.25) is 0 Å². The zero-order valence-electron chi connectivity index (χ0n) is 21.5. The molecule has 1 aromatic carbocycles. The van der Waals surface area contributed by atoms with Crippen LogP contribution in [0.25, 0.3) is 11.2 Å². The Bertz CT molecular complexity index is 1180. The average molecular weight is 569 g/mol. The van der Waals surface area contributed by atoms with Crippen LogP contribution in [0, 0.1) is 0 Å². The fourth-order valence-electron chi connectivity index (χ4n) is 3.98. The molecule has 0 fully saturated rings. The molecule has 37 heavy (non-hydrogen) atoms. The first-order valence-electron chi connectivity index (χ1n) is 12.4. The van der Waals surface area contributed by atoms with E-state index in [1.54, 1.807) is 6.07 Å². The minimum absolute atomic E-state index is 0.349. The number of aromatic nitrogens is 4. The standard InChI is InChI=1S/C25H35Cl2N7O2S/c1-25(2,3)34(24(35)36)12-7-5-4-6-9-29-10-8-11-33-22-20(21(28)30-16-31-22)32-23(33)37-19-14-17(26)13-18(27)15-19/h13-16,29H,4-12H2,1-3H3,(H,35,36)(H2,28,30,31). The fraction of sp³-hybridized carbons (Fsp3) is 0.520. The molecule has 0 aliphatic rings. The number of carboxylic acid groups (broad SMARTS) is 1. The molecule has 2 aromatic heterocycles. The number of hydrogen-bond acceptors (Lipinski definition) is 7. The maximum absolute atomic E-state index is 11.4. The third kappa shape index (κ3) is 8.63. The molecule has 0 saturated carbocycles. The number of nitrogen functional groups attached to an aromatic ring is 1. The lowest BCUT2D eigenvalue weighted by Crippen LogP contribution is -2.45. The van der Waals surface area contributed by atoms with Crippen LogP contribution in [-0.2, 0) is 6.54 Å². The van der Waals surface area contributed by atoms with E-state index < -0.39 is 6.09 Å². The number of unbranched alkanes of at least 4 members (excludes halogenated alkanes) is 3. The van der Waals surface area contributed by atoms with E-state index in [2.05, 4.69) is 19.9 Å². The van der Waals surface area contributed by atoms with Crippen molar-refractivity contribution in [2.24, 2.45) is 0 Å². The van der Waals surface area contributed by atoms with Crippen molar-refractivity contribution >= 4 is 58.0 Å². The number of halogens is 2. The molecule has 2 heterocycles. The van der Waals surface area contributed by atoms with Gasteiger partial charge in [-0.2, -0.15) is 0 Å². The second-order valence-corrected chi connectivity index (χ2v) is 11.7. The number of imidazole rings is 1. The molecule has 12 heteroatoms. The van der Waals surface area contributed by atoms with Crippen LogP contribution in [0.15, 0.2) is 34.6 Å². The van der Waals surface area contributed by atoms with Crippen LogP contribution in [0.2, 0.25) is 10.0 Å². The van der Waals surface area contributed by atoms with Crippen molar-refractivity contribution in [2.75, 3.05) is 25.4 Å². The Labute approximate surface area is 232 Å². The molecule has 0 unspecified atom stereocenters. The molecule has 0 spiro atoms. The summed E-state index contributed by atoms with van der Waals surface area (Å²) in [6.07, 6.45) is 5.49. The predicted octanol–water partition coefficient (Wildman–Crippen LogP) is 6.19. The van der Waals surface area contributed by atoms with Gasteiger partial charge in [-0.15, -0.1) is 0 Å². The topological polar surface area (TPSA) is 122 Å². The summed E-state index contributed by atoms with van der Waals surface area (Å²) < 4.78 is 2.05. The lowest BCUT2D eigenvalue weighted by molar-refractivity contribution is 0.0990. The predicted molar refractivity (Wildman–Crippen MR) is 151 cm³/mol. The number of amides is 1. The average Bonchev–Trinajstić information content (AvgIpc) is 3.14. The summed E-state index contributed by atoms with van der Waals surface area (Å²) >= 11 is 13.8. The first-order chi connectivity index (χ1) is 17.6. The molecule has 3 rings (SSSR count). The SMILES string of the molecule is CC(C)(C)N(CCCCCCNCCCn1c(Sc2cc(Cl)cc(Cl)c2)nc2c(N)ncnc21)C(=O)O. The largest absolute Gasteiger partial charge is 0.465 e. The normalized spacial score (nSPS) is 11.8. The molecule has 0 bridgehead atoms. The van der Waals surface area contributed by atoms with Crippen molar-refractivity contribution in [2.45, 2.75) is 75.0 Å². The molecular formula is C25H35Cl2N7O2S. The van der Waals surface area contributed by atoms with Gasteiger partial charge in [-0.3, -0.25) is 0 Å². The van der Waals surface area contributed by atoms with Gasteiger partial charge in [0, 0.05) is 33.6 Å². The van der Waals surface area contributed by atoms with Crippen molar-refractivity contribution in [3.8, 4) is 0 Å². The van der Waals surface area contributed by atoms with Gasteiger partial charge < -0.3 is 25.6 Å². The quantitative estimate of drug-likeness (QED) is 0.209. The zero-order chi connectivity index (χ0) is 27.0. The van der Waals surface area contributed by atoms with Gasteiger partial charge in [0.05, 0.1) is 0 Å². The van der Waals surface area contributed by atoms with Crippen LogP contribution < -0.4 is 11.1 Å². The molecule has 3 aromatic rings. The number of benzene rings is 1. The molecule has 9 nitrogen and oxygen atoms in total. The maximum Gasteiger partial charge on any atom is 0.407 e. The molecular weight excluding hydrogens is 533 g/mol. The highest BCUT2D eigenvalue weighted by atomic mass is 35.5. The first kappa shape index (κ1) is 29.3. The summed E-state index contributed by atoms with van der Waals surface area (Å²) in [5.74, 6) is 0.349. The number of anilines is 1.